The van der Waals surface area contributed by atoms with Crippen LogP contribution in [0.15, 0.2) is 36.4 Å². The van der Waals surface area contributed by atoms with Gasteiger partial charge in [-0.15, -0.1) is 0 Å². The third-order valence-corrected chi connectivity index (χ3v) is 3.15. The second kappa shape index (κ2) is 4.33. The topological polar surface area (TPSA) is 18.5 Å². The van der Waals surface area contributed by atoms with Gasteiger partial charge in [-0.1, -0.05) is 19.1 Å². The number of rotatable bonds is 2. The average Bonchev–Trinajstić information content (AvgIpc) is 2.85. The summed E-state index contributed by atoms with van der Waals surface area (Å²) in [7, 11) is 0. The van der Waals surface area contributed by atoms with Crippen LogP contribution < -0.4 is 9.47 Å². The Morgan fingerprint density at radius 3 is 2.83 bits per heavy atom. The van der Waals surface area contributed by atoms with Gasteiger partial charge in [0.15, 0.2) is 11.5 Å². The zero-order chi connectivity index (χ0) is 12.5. The van der Waals surface area contributed by atoms with Gasteiger partial charge < -0.3 is 9.47 Å². The summed E-state index contributed by atoms with van der Waals surface area (Å²) in [6, 6.07) is 13.4. The number of benzene rings is 2. The van der Waals surface area contributed by atoms with Gasteiger partial charge >= 0.3 is 0 Å². The Balaban J connectivity index is 1.95. The van der Waals surface area contributed by atoms with Crippen molar-refractivity contribution in [3.63, 3.8) is 0 Å². The van der Waals surface area contributed by atoms with Crippen LogP contribution >= 0.6 is 0 Å². The van der Waals surface area contributed by atoms with Crippen LogP contribution in [0.4, 0.5) is 4.39 Å². The maximum Gasteiger partial charge on any atom is 0.231 e. The highest BCUT2D eigenvalue weighted by molar-refractivity contribution is 5.47. The predicted octanol–water partition coefficient (Wildman–Crippen LogP) is 3.51. The van der Waals surface area contributed by atoms with Crippen LogP contribution in [0.1, 0.15) is 24.0 Å². The van der Waals surface area contributed by atoms with Crippen molar-refractivity contribution in [1.82, 2.24) is 0 Å². The lowest BCUT2D eigenvalue weighted by Gasteiger charge is -2.12. The number of halogens is 1. The Kier molecular flexibility index (Phi) is 2.67. The summed E-state index contributed by atoms with van der Waals surface area (Å²) in [5, 5.41) is 0. The van der Waals surface area contributed by atoms with Crippen LogP contribution in [0, 0.1) is 11.9 Å². The average molecular weight is 243 g/mol. The second-order valence-electron chi connectivity index (χ2n) is 4.30. The standard InChI is InChI=1S/C15H12FO2/c1-10(11-3-2-4-13(16)7-11)12-5-6-14-15(8-12)18-9-17-14/h2,4-8,10H,9H2,1H3. The van der Waals surface area contributed by atoms with Crippen molar-refractivity contribution in [2.75, 3.05) is 6.79 Å². The zero-order valence-corrected chi connectivity index (χ0v) is 9.94. The van der Waals surface area contributed by atoms with E-state index < -0.39 is 0 Å². The normalized spacial score (nSPS) is 14.6. The molecule has 0 bridgehead atoms. The maximum atomic E-state index is 13.2. The first-order valence-electron chi connectivity index (χ1n) is 5.81. The van der Waals surface area contributed by atoms with Gasteiger partial charge in [0.1, 0.15) is 5.82 Å². The molecule has 2 aromatic carbocycles. The summed E-state index contributed by atoms with van der Waals surface area (Å²) in [5.74, 6) is 1.33. The summed E-state index contributed by atoms with van der Waals surface area (Å²) < 4.78 is 23.8. The Labute approximate surface area is 105 Å². The first-order valence-corrected chi connectivity index (χ1v) is 5.81. The van der Waals surface area contributed by atoms with E-state index in [2.05, 4.69) is 6.07 Å². The summed E-state index contributed by atoms with van der Waals surface area (Å²) in [6.07, 6.45) is 0. The lowest BCUT2D eigenvalue weighted by Crippen LogP contribution is -1.97. The molecule has 1 unspecified atom stereocenters. The largest absolute Gasteiger partial charge is 0.454 e. The molecule has 0 N–H and O–H groups in total. The van der Waals surface area contributed by atoms with E-state index in [0.29, 0.717) is 0 Å². The van der Waals surface area contributed by atoms with Crippen LogP contribution in [0.5, 0.6) is 11.5 Å². The van der Waals surface area contributed by atoms with Crippen molar-refractivity contribution in [3.05, 3.63) is 59.4 Å². The lowest BCUT2D eigenvalue weighted by molar-refractivity contribution is 0.174. The number of fused-ring (bicyclic) bond motifs is 1. The number of hydrogen-bond donors (Lipinski definition) is 0. The van der Waals surface area contributed by atoms with E-state index in [1.807, 2.05) is 25.1 Å². The number of hydrogen-bond acceptors (Lipinski definition) is 2. The molecular weight excluding hydrogens is 231 g/mol. The molecule has 0 saturated carbocycles. The quantitative estimate of drug-likeness (QED) is 0.803. The Morgan fingerprint density at radius 2 is 2.00 bits per heavy atom. The molecule has 1 radical (unpaired) electrons. The van der Waals surface area contributed by atoms with Crippen LogP contribution in [-0.2, 0) is 0 Å². The summed E-state index contributed by atoms with van der Waals surface area (Å²) in [5.41, 5.74) is 1.88. The SMILES string of the molecule is CC(c1[c]ccc(F)c1)c1ccc2c(c1)OCO2. The van der Waals surface area contributed by atoms with Crippen molar-refractivity contribution >= 4 is 0 Å². The van der Waals surface area contributed by atoms with Crippen LogP contribution in [0.3, 0.4) is 0 Å². The van der Waals surface area contributed by atoms with Gasteiger partial charge in [-0.05, 0) is 41.5 Å². The molecule has 3 heteroatoms. The fraction of sp³-hybridized carbons (Fsp3) is 0.200. The Bertz CT molecular complexity index is 580. The molecule has 0 fully saturated rings. The third-order valence-electron chi connectivity index (χ3n) is 3.15. The van der Waals surface area contributed by atoms with E-state index in [0.717, 1.165) is 22.6 Å². The summed E-state index contributed by atoms with van der Waals surface area (Å²) >= 11 is 0. The Morgan fingerprint density at radius 1 is 1.17 bits per heavy atom. The van der Waals surface area contributed by atoms with E-state index in [4.69, 9.17) is 9.47 Å². The van der Waals surface area contributed by atoms with Gasteiger partial charge in [0.2, 0.25) is 6.79 Å². The molecule has 1 heterocycles. The van der Waals surface area contributed by atoms with Gasteiger partial charge in [-0.2, -0.15) is 0 Å². The predicted molar refractivity (Wildman–Crippen MR) is 65.3 cm³/mol. The smallest absolute Gasteiger partial charge is 0.231 e. The summed E-state index contributed by atoms with van der Waals surface area (Å²) in [4.78, 5) is 0. The van der Waals surface area contributed by atoms with Crippen molar-refractivity contribution in [2.45, 2.75) is 12.8 Å². The highest BCUT2D eigenvalue weighted by Gasteiger charge is 2.16. The molecular formula is C15H12FO2. The molecule has 0 saturated heterocycles. The third kappa shape index (κ3) is 1.92. The second-order valence-corrected chi connectivity index (χ2v) is 4.30. The zero-order valence-electron chi connectivity index (χ0n) is 9.94. The van der Waals surface area contributed by atoms with Crippen molar-refractivity contribution in [1.29, 1.82) is 0 Å². The highest BCUT2D eigenvalue weighted by atomic mass is 19.1. The fourth-order valence-electron chi connectivity index (χ4n) is 2.07. The van der Waals surface area contributed by atoms with E-state index >= 15 is 0 Å². The fourth-order valence-corrected chi connectivity index (χ4v) is 2.07. The van der Waals surface area contributed by atoms with Crippen molar-refractivity contribution < 1.29 is 13.9 Å². The minimum absolute atomic E-state index is 0.0650. The van der Waals surface area contributed by atoms with Gasteiger partial charge in [0.25, 0.3) is 0 Å². The molecule has 3 rings (SSSR count). The summed E-state index contributed by atoms with van der Waals surface area (Å²) in [6.45, 7) is 2.28. The van der Waals surface area contributed by atoms with Crippen LogP contribution in [0.25, 0.3) is 0 Å². The van der Waals surface area contributed by atoms with E-state index in [-0.39, 0.29) is 18.5 Å². The first-order chi connectivity index (χ1) is 8.74. The van der Waals surface area contributed by atoms with E-state index in [1.165, 1.54) is 12.1 Å². The van der Waals surface area contributed by atoms with Crippen LogP contribution in [0.2, 0.25) is 0 Å². The molecule has 0 spiro atoms. The minimum atomic E-state index is -0.239. The molecule has 1 atom stereocenters. The van der Waals surface area contributed by atoms with E-state index in [9.17, 15) is 4.39 Å². The Hall–Kier alpha value is -2.03. The number of ether oxygens (including phenoxy) is 2. The van der Waals surface area contributed by atoms with Gasteiger partial charge in [0, 0.05) is 5.92 Å². The van der Waals surface area contributed by atoms with Crippen molar-refractivity contribution in [2.24, 2.45) is 0 Å². The highest BCUT2D eigenvalue weighted by Crippen LogP contribution is 2.36. The molecule has 0 amide bonds. The molecule has 1 aliphatic heterocycles. The van der Waals surface area contributed by atoms with Crippen molar-refractivity contribution in [3.8, 4) is 11.5 Å². The molecule has 0 aromatic heterocycles. The van der Waals surface area contributed by atoms with Gasteiger partial charge in [-0.3, -0.25) is 0 Å². The molecule has 18 heavy (non-hydrogen) atoms. The first kappa shape index (κ1) is 11.1. The molecule has 2 nitrogen and oxygen atoms in total. The minimum Gasteiger partial charge on any atom is -0.454 e. The molecule has 91 valence electrons. The maximum absolute atomic E-state index is 13.2. The lowest BCUT2D eigenvalue weighted by atomic mass is 9.93. The van der Waals surface area contributed by atoms with Gasteiger partial charge in [0.05, 0.1) is 0 Å². The van der Waals surface area contributed by atoms with Crippen LogP contribution in [-0.4, -0.2) is 6.79 Å². The van der Waals surface area contributed by atoms with E-state index in [1.54, 1.807) is 6.07 Å². The monoisotopic (exact) mass is 243 g/mol. The molecule has 2 aromatic rings. The molecule has 1 aliphatic rings. The molecule has 0 aliphatic carbocycles. The van der Waals surface area contributed by atoms with Gasteiger partial charge in [-0.25, -0.2) is 4.39 Å².